The van der Waals surface area contributed by atoms with Crippen LogP contribution < -0.4 is 4.72 Å². The zero-order valence-corrected chi connectivity index (χ0v) is 13.2. The van der Waals surface area contributed by atoms with Gasteiger partial charge < -0.3 is 5.11 Å². The summed E-state index contributed by atoms with van der Waals surface area (Å²) in [6, 6.07) is 8.46. The predicted molar refractivity (Wildman–Crippen MR) is 80.9 cm³/mol. The fourth-order valence-corrected chi connectivity index (χ4v) is 4.73. The van der Waals surface area contributed by atoms with Gasteiger partial charge in [0.2, 0.25) is 10.0 Å². The van der Waals surface area contributed by atoms with Crippen LogP contribution in [0.25, 0.3) is 0 Å². The minimum Gasteiger partial charge on any atom is -0.480 e. The first-order valence-corrected chi connectivity index (χ1v) is 8.48. The van der Waals surface area contributed by atoms with Gasteiger partial charge in [-0.2, -0.15) is 4.72 Å². The number of aryl methyl sites for hydroxylation is 2. The number of sulfonamides is 1. The van der Waals surface area contributed by atoms with E-state index in [9.17, 15) is 18.3 Å². The molecular formula is C14H15NO4S2. The van der Waals surface area contributed by atoms with Gasteiger partial charge in [-0.15, -0.1) is 11.3 Å². The van der Waals surface area contributed by atoms with E-state index < -0.39 is 22.0 Å². The highest BCUT2D eigenvalue weighted by Crippen LogP contribution is 2.26. The third-order valence-corrected chi connectivity index (χ3v) is 5.58. The Bertz CT molecular complexity index is 751. The van der Waals surface area contributed by atoms with E-state index in [1.165, 1.54) is 11.3 Å². The molecular weight excluding hydrogens is 310 g/mol. The molecule has 5 nitrogen and oxygen atoms in total. The Morgan fingerprint density at radius 2 is 1.86 bits per heavy atom. The van der Waals surface area contributed by atoms with Gasteiger partial charge in [0.1, 0.15) is 6.04 Å². The Labute approximate surface area is 127 Å². The van der Waals surface area contributed by atoms with Crippen LogP contribution in [0.3, 0.4) is 0 Å². The number of aliphatic carboxylic acids is 1. The van der Waals surface area contributed by atoms with E-state index in [4.69, 9.17) is 0 Å². The highest BCUT2D eigenvalue weighted by atomic mass is 32.2. The van der Waals surface area contributed by atoms with Crippen LogP contribution in [0, 0.1) is 13.8 Å². The van der Waals surface area contributed by atoms with Crippen LogP contribution in [0.15, 0.2) is 41.3 Å². The lowest BCUT2D eigenvalue weighted by Crippen LogP contribution is -2.33. The molecule has 7 heteroatoms. The normalized spacial score (nSPS) is 13.0. The van der Waals surface area contributed by atoms with Crippen molar-refractivity contribution in [2.24, 2.45) is 0 Å². The summed E-state index contributed by atoms with van der Waals surface area (Å²) >= 11 is 1.36. The van der Waals surface area contributed by atoms with Crippen LogP contribution >= 0.6 is 11.3 Å². The first kappa shape index (κ1) is 15.7. The number of nitrogens with one attached hydrogen (secondary N) is 1. The van der Waals surface area contributed by atoms with Gasteiger partial charge in [-0.25, -0.2) is 8.42 Å². The lowest BCUT2D eigenvalue weighted by molar-refractivity contribution is -0.139. The number of carboxylic acids is 1. The van der Waals surface area contributed by atoms with Gasteiger partial charge in [0.15, 0.2) is 0 Å². The smallest absolute Gasteiger partial charge is 0.326 e. The van der Waals surface area contributed by atoms with Crippen molar-refractivity contribution in [1.29, 1.82) is 0 Å². The molecule has 21 heavy (non-hydrogen) atoms. The molecule has 0 aliphatic carbocycles. The highest BCUT2D eigenvalue weighted by molar-refractivity contribution is 7.89. The highest BCUT2D eigenvalue weighted by Gasteiger charge is 2.28. The molecule has 0 spiro atoms. The second-order valence-electron chi connectivity index (χ2n) is 4.58. The molecule has 2 rings (SSSR count). The van der Waals surface area contributed by atoms with Crippen LogP contribution in [0.4, 0.5) is 0 Å². The van der Waals surface area contributed by atoms with Crippen molar-refractivity contribution >= 4 is 27.3 Å². The van der Waals surface area contributed by atoms with Gasteiger partial charge in [-0.1, -0.05) is 30.3 Å². The van der Waals surface area contributed by atoms with E-state index in [0.717, 1.165) is 4.88 Å². The molecule has 0 aliphatic rings. The summed E-state index contributed by atoms with van der Waals surface area (Å²) in [6.07, 6.45) is 0. The van der Waals surface area contributed by atoms with Crippen molar-refractivity contribution in [3.8, 4) is 0 Å². The van der Waals surface area contributed by atoms with Crippen LogP contribution in [0.2, 0.25) is 0 Å². The Morgan fingerprint density at radius 1 is 1.24 bits per heavy atom. The topological polar surface area (TPSA) is 83.5 Å². The molecule has 0 radical (unpaired) electrons. The summed E-state index contributed by atoms with van der Waals surface area (Å²) in [7, 11) is -3.88. The van der Waals surface area contributed by atoms with E-state index in [1.54, 1.807) is 43.3 Å². The van der Waals surface area contributed by atoms with Crippen LogP contribution in [-0.4, -0.2) is 19.5 Å². The van der Waals surface area contributed by atoms with Crippen molar-refractivity contribution in [3.63, 3.8) is 0 Å². The number of thiophene rings is 1. The molecule has 0 bridgehead atoms. The molecule has 0 amide bonds. The number of carbonyl (C=O) groups is 1. The van der Waals surface area contributed by atoms with Crippen molar-refractivity contribution in [1.82, 2.24) is 4.72 Å². The zero-order chi connectivity index (χ0) is 15.6. The average Bonchev–Trinajstić information content (AvgIpc) is 2.77. The zero-order valence-electron chi connectivity index (χ0n) is 11.5. The maximum atomic E-state index is 12.4. The fraction of sp³-hybridized carbons (Fsp3) is 0.214. The van der Waals surface area contributed by atoms with Gasteiger partial charge in [-0.05, 0) is 25.5 Å². The second-order valence-corrected chi connectivity index (χ2v) is 7.72. The molecule has 0 saturated heterocycles. The average molecular weight is 325 g/mol. The predicted octanol–water partition coefficient (Wildman–Crippen LogP) is 2.47. The second kappa shape index (κ2) is 5.97. The van der Waals surface area contributed by atoms with E-state index in [1.807, 2.05) is 6.92 Å². The monoisotopic (exact) mass is 325 g/mol. The molecule has 2 aromatic rings. The molecule has 1 heterocycles. The van der Waals surface area contributed by atoms with Crippen molar-refractivity contribution in [3.05, 3.63) is 51.7 Å². The van der Waals surface area contributed by atoms with Crippen molar-refractivity contribution < 1.29 is 18.3 Å². The minimum atomic E-state index is -3.88. The number of rotatable bonds is 5. The first-order chi connectivity index (χ1) is 9.81. The van der Waals surface area contributed by atoms with Gasteiger partial charge in [-0.3, -0.25) is 4.79 Å². The maximum absolute atomic E-state index is 12.4. The summed E-state index contributed by atoms with van der Waals surface area (Å²) in [6.45, 7) is 3.51. The lowest BCUT2D eigenvalue weighted by Gasteiger charge is -2.15. The maximum Gasteiger partial charge on any atom is 0.326 e. The standard InChI is InChI=1S/C14H15NO4S2/c1-9-8-12(10(2)20-9)21(18,19)15-13(14(16)17)11-6-4-3-5-7-11/h3-8,13,15H,1-2H3,(H,16,17). The van der Waals surface area contributed by atoms with E-state index in [2.05, 4.69) is 4.72 Å². The largest absolute Gasteiger partial charge is 0.480 e. The molecule has 0 saturated carbocycles. The number of carboxylic acid groups (broad SMARTS) is 1. The third kappa shape index (κ3) is 3.49. The molecule has 2 N–H and O–H groups in total. The van der Waals surface area contributed by atoms with Crippen LogP contribution in [-0.2, 0) is 14.8 Å². The van der Waals surface area contributed by atoms with Crippen LogP contribution in [0.5, 0.6) is 0 Å². The van der Waals surface area contributed by atoms with Crippen molar-refractivity contribution in [2.45, 2.75) is 24.8 Å². The Hall–Kier alpha value is -1.70. The molecule has 1 aromatic heterocycles. The van der Waals surface area contributed by atoms with Gasteiger partial charge >= 0.3 is 5.97 Å². The van der Waals surface area contributed by atoms with Crippen molar-refractivity contribution in [2.75, 3.05) is 0 Å². The summed E-state index contributed by atoms with van der Waals surface area (Å²) in [5.74, 6) is -1.24. The molecule has 112 valence electrons. The first-order valence-electron chi connectivity index (χ1n) is 6.18. The quantitative estimate of drug-likeness (QED) is 0.884. The molecule has 1 aromatic carbocycles. The molecule has 0 aliphatic heterocycles. The summed E-state index contributed by atoms with van der Waals surface area (Å²) in [5, 5.41) is 9.29. The number of hydrogen-bond donors (Lipinski definition) is 2. The number of benzene rings is 1. The molecule has 1 unspecified atom stereocenters. The summed E-state index contributed by atoms with van der Waals surface area (Å²) < 4.78 is 27.0. The van der Waals surface area contributed by atoms with Crippen LogP contribution in [0.1, 0.15) is 21.4 Å². The van der Waals surface area contributed by atoms with E-state index in [-0.39, 0.29) is 4.90 Å². The number of hydrogen-bond acceptors (Lipinski definition) is 4. The molecule has 0 fully saturated rings. The minimum absolute atomic E-state index is 0.132. The SMILES string of the molecule is Cc1cc(S(=O)(=O)NC(C(=O)O)c2ccccc2)c(C)s1. The van der Waals surface area contributed by atoms with Gasteiger partial charge in [0.25, 0.3) is 0 Å². The Balaban J connectivity index is 2.37. The fourth-order valence-electron chi connectivity index (χ4n) is 2.00. The van der Waals surface area contributed by atoms with E-state index >= 15 is 0 Å². The Morgan fingerprint density at radius 3 is 2.33 bits per heavy atom. The third-order valence-electron chi connectivity index (χ3n) is 2.94. The summed E-state index contributed by atoms with van der Waals surface area (Å²) in [4.78, 5) is 13.0. The summed E-state index contributed by atoms with van der Waals surface area (Å²) in [5.41, 5.74) is 0.387. The molecule has 1 atom stereocenters. The Kier molecular flexibility index (Phi) is 4.46. The van der Waals surface area contributed by atoms with Gasteiger partial charge in [0, 0.05) is 9.75 Å². The van der Waals surface area contributed by atoms with Gasteiger partial charge in [0.05, 0.1) is 4.90 Å². The van der Waals surface area contributed by atoms with E-state index in [0.29, 0.717) is 10.4 Å². The lowest BCUT2D eigenvalue weighted by atomic mass is 10.1.